The molecule has 0 bridgehead atoms. The standard InChI is InChI=1S/C20H20Cl2N4OS/c21-16-11-17(22)19-23-24-20(26(19)12-16)28-13-18(27)25-8-6-15(7-9-25)10-14-4-2-1-3-5-14/h1-5,11-12,15H,6-10,13H2. The largest absolute Gasteiger partial charge is 0.342 e. The zero-order valence-corrected chi connectivity index (χ0v) is 17.6. The van der Waals surface area contributed by atoms with Crippen LogP contribution in [0.5, 0.6) is 0 Å². The third kappa shape index (κ3) is 4.45. The van der Waals surface area contributed by atoms with E-state index in [1.807, 2.05) is 11.0 Å². The van der Waals surface area contributed by atoms with Gasteiger partial charge in [-0.2, -0.15) is 0 Å². The van der Waals surface area contributed by atoms with E-state index in [-0.39, 0.29) is 5.91 Å². The van der Waals surface area contributed by atoms with E-state index in [4.69, 9.17) is 23.2 Å². The fourth-order valence-electron chi connectivity index (χ4n) is 3.55. The van der Waals surface area contributed by atoms with Crippen LogP contribution in [0, 0.1) is 5.92 Å². The third-order valence-electron chi connectivity index (χ3n) is 5.05. The molecule has 0 unspecified atom stereocenters. The Morgan fingerprint density at radius 2 is 1.89 bits per heavy atom. The van der Waals surface area contributed by atoms with Crippen molar-refractivity contribution in [1.29, 1.82) is 0 Å². The fraction of sp³-hybridized carbons (Fsp3) is 0.350. The van der Waals surface area contributed by atoms with Crippen molar-refractivity contribution in [1.82, 2.24) is 19.5 Å². The maximum Gasteiger partial charge on any atom is 0.233 e. The minimum Gasteiger partial charge on any atom is -0.342 e. The highest BCUT2D eigenvalue weighted by atomic mass is 35.5. The van der Waals surface area contributed by atoms with Crippen LogP contribution in [0.3, 0.4) is 0 Å². The van der Waals surface area contributed by atoms with Crippen molar-refractivity contribution in [3.05, 3.63) is 58.2 Å². The van der Waals surface area contributed by atoms with E-state index >= 15 is 0 Å². The summed E-state index contributed by atoms with van der Waals surface area (Å²) in [6.45, 7) is 1.63. The summed E-state index contributed by atoms with van der Waals surface area (Å²) in [4.78, 5) is 14.6. The van der Waals surface area contributed by atoms with Crippen LogP contribution in [0.25, 0.3) is 5.65 Å². The topological polar surface area (TPSA) is 50.5 Å². The van der Waals surface area contributed by atoms with Gasteiger partial charge in [-0.25, -0.2) is 0 Å². The molecule has 0 aliphatic carbocycles. The lowest BCUT2D eigenvalue weighted by Crippen LogP contribution is -2.39. The number of fused-ring (bicyclic) bond motifs is 1. The summed E-state index contributed by atoms with van der Waals surface area (Å²) in [7, 11) is 0. The average Bonchev–Trinajstić information content (AvgIpc) is 3.10. The normalized spacial score (nSPS) is 15.3. The maximum absolute atomic E-state index is 12.6. The number of hydrogen-bond donors (Lipinski definition) is 0. The molecule has 1 aliphatic rings. The van der Waals surface area contributed by atoms with Gasteiger partial charge in [-0.05, 0) is 36.8 Å². The molecule has 1 amide bonds. The summed E-state index contributed by atoms with van der Waals surface area (Å²) >= 11 is 13.6. The number of carbonyl (C=O) groups is 1. The predicted octanol–water partition coefficient (Wildman–Crippen LogP) is 4.61. The average molecular weight is 435 g/mol. The van der Waals surface area contributed by atoms with Gasteiger partial charge in [0.2, 0.25) is 5.91 Å². The molecule has 0 atom stereocenters. The van der Waals surface area contributed by atoms with Crippen molar-refractivity contribution >= 4 is 46.5 Å². The third-order valence-corrected chi connectivity index (χ3v) is 6.47. The molecule has 0 spiro atoms. The van der Waals surface area contributed by atoms with Crippen LogP contribution in [0.4, 0.5) is 0 Å². The first-order valence-electron chi connectivity index (χ1n) is 9.24. The first-order valence-corrected chi connectivity index (χ1v) is 11.0. The van der Waals surface area contributed by atoms with Gasteiger partial charge in [-0.15, -0.1) is 10.2 Å². The number of amides is 1. The monoisotopic (exact) mass is 434 g/mol. The number of nitrogens with zero attached hydrogens (tertiary/aromatic N) is 4. The summed E-state index contributed by atoms with van der Waals surface area (Å²) in [5.41, 5.74) is 1.92. The molecular formula is C20H20Cl2N4OS. The maximum atomic E-state index is 12.6. The van der Waals surface area contributed by atoms with Crippen LogP contribution in [0.2, 0.25) is 10.0 Å². The summed E-state index contributed by atoms with van der Waals surface area (Å²) in [5, 5.41) is 9.78. The number of likely N-dealkylation sites (tertiary alicyclic amines) is 1. The molecule has 1 saturated heterocycles. The molecular weight excluding hydrogens is 415 g/mol. The molecule has 1 aromatic carbocycles. The lowest BCUT2D eigenvalue weighted by molar-refractivity contribution is -0.129. The van der Waals surface area contributed by atoms with Crippen molar-refractivity contribution in [2.75, 3.05) is 18.8 Å². The Kier molecular flexibility index (Phi) is 6.09. The van der Waals surface area contributed by atoms with Crippen molar-refractivity contribution in [2.45, 2.75) is 24.4 Å². The van der Waals surface area contributed by atoms with Gasteiger partial charge < -0.3 is 4.90 Å². The number of thioether (sulfide) groups is 1. The van der Waals surface area contributed by atoms with Gasteiger partial charge in [0.05, 0.1) is 15.8 Å². The highest BCUT2D eigenvalue weighted by molar-refractivity contribution is 7.99. The van der Waals surface area contributed by atoms with Crippen LogP contribution in [0.15, 0.2) is 47.8 Å². The molecule has 3 aromatic rings. The van der Waals surface area contributed by atoms with Crippen LogP contribution in [-0.4, -0.2) is 44.2 Å². The van der Waals surface area contributed by atoms with Crippen LogP contribution < -0.4 is 0 Å². The molecule has 0 N–H and O–H groups in total. The zero-order chi connectivity index (χ0) is 19.5. The Morgan fingerprint density at radius 3 is 2.64 bits per heavy atom. The molecule has 0 radical (unpaired) electrons. The Bertz CT molecular complexity index is 971. The highest BCUT2D eigenvalue weighted by Crippen LogP contribution is 2.26. The molecule has 0 saturated carbocycles. The first kappa shape index (κ1) is 19.6. The Hall–Kier alpha value is -1.76. The van der Waals surface area contributed by atoms with E-state index < -0.39 is 0 Å². The first-order chi connectivity index (χ1) is 13.6. The van der Waals surface area contributed by atoms with Gasteiger partial charge in [0.1, 0.15) is 0 Å². The zero-order valence-electron chi connectivity index (χ0n) is 15.2. The lowest BCUT2D eigenvalue weighted by atomic mass is 9.90. The number of carbonyl (C=O) groups excluding carboxylic acids is 1. The molecule has 28 heavy (non-hydrogen) atoms. The second-order valence-electron chi connectivity index (χ2n) is 6.99. The number of benzene rings is 1. The molecule has 5 nitrogen and oxygen atoms in total. The number of piperidine rings is 1. The van der Waals surface area contributed by atoms with Gasteiger partial charge in [0, 0.05) is 19.3 Å². The van der Waals surface area contributed by atoms with E-state index in [2.05, 4.69) is 34.5 Å². The smallest absolute Gasteiger partial charge is 0.233 e. The SMILES string of the molecule is O=C(CSc1nnc2c(Cl)cc(Cl)cn12)N1CCC(Cc2ccccc2)CC1. The number of hydrogen-bond acceptors (Lipinski definition) is 4. The molecule has 1 aliphatic heterocycles. The van der Waals surface area contributed by atoms with Gasteiger partial charge >= 0.3 is 0 Å². The van der Waals surface area contributed by atoms with E-state index in [1.54, 1.807) is 16.7 Å². The minimum atomic E-state index is 0.132. The number of rotatable bonds is 5. The second kappa shape index (κ2) is 8.72. The van der Waals surface area contributed by atoms with Crippen LogP contribution in [-0.2, 0) is 11.2 Å². The number of aromatic nitrogens is 3. The van der Waals surface area contributed by atoms with Gasteiger partial charge in [-0.1, -0.05) is 65.3 Å². The molecule has 2 aromatic heterocycles. The lowest BCUT2D eigenvalue weighted by Gasteiger charge is -2.32. The quantitative estimate of drug-likeness (QED) is 0.550. The Morgan fingerprint density at radius 1 is 1.14 bits per heavy atom. The van der Waals surface area contributed by atoms with Gasteiger partial charge in [0.15, 0.2) is 10.8 Å². The molecule has 4 rings (SSSR count). The summed E-state index contributed by atoms with van der Waals surface area (Å²) in [6.07, 6.45) is 4.89. The second-order valence-corrected chi connectivity index (χ2v) is 8.77. The molecule has 8 heteroatoms. The Balaban J connectivity index is 1.31. The number of halogens is 2. The predicted molar refractivity (Wildman–Crippen MR) is 113 cm³/mol. The van der Waals surface area contributed by atoms with E-state index in [0.717, 1.165) is 32.4 Å². The minimum absolute atomic E-state index is 0.132. The number of pyridine rings is 1. The summed E-state index contributed by atoms with van der Waals surface area (Å²) in [5.74, 6) is 1.10. The Labute approximate surface area is 178 Å². The van der Waals surface area contributed by atoms with E-state index in [0.29, 0.717) is 32.5 Å². The molecule has 1 fully saturated rings. The van der Waals surface area contributed by atoms with Gasteiger partial charge in [-0.3, -0.25) is 9.20 Å². The van der Waals surface area contributed by atoms with Crippen molar-refractivity contribution in [3.8, 4) is 0 Å². The molecule has 3 heterocycles. The van der Waals surface area contributed by atoms with E-state index in [9.17, 15) is 4.79 Å². The van der Waals surface area contributed by atoms with Crippen molar-refractivity contribution in [3.63, 3.8) is 0 Å². The van der Waals surface area contributed by atoms with Gasteiger partial charge in [0.25, 0.3) is 0 Å². The van der Waals surface area contributed by atoms with Crippen molar-refractivity contribution < 1.29 is 4.79 Å². The van der Waals surface area contributed by atoms with E-state index in [1.165, 1.54) is 17.3 Å². The van der Waals surface area contributed by atoms with Crippen LogP contribution in [0.1, 0.15) is 18.4 Å². The fourth-order valence-corrected chi connectivity index (χ4v) is 4.87. The summed E-state index contributed by atoms with van der Waals surface area (Å²) in [6, 6.07) is 12.2. The van der Waals surface area contributed by atoms with Crippen molar-refractivity contribution in [2.24, 2.45) is 5.92 Å². The van der Waals surface area contributed by atoms with Crippen LogP contribution >= 0.6 is 35.0 Å². The summed E-state index contributed by atoms with van der Waals surface area (Å²) < 4.78 is 1.73. The highest BCUT2D eigenvalue weighted by Gasteiger charge is 2.23. The molecule has 146 valence electrons.